The summed E-state index contributed by atoms with van der Waals surface area (Å²) >= 11 is 5.35. The summed E-state index contributed by atoms with van der Waals surface area (Å²) in [7, 11) is 0. The number of nitrogens with two attached hydrogens (primary N) is 1. The van der Waals surface area contributed by atoms with Crippen molar-refractivity contribution in [3.63, 3.8) is 0 Å². The summed E-state index contributed by atoms with van der Waals surface area (Å²) in [6, 6.07) is 1.09. The van der Waals surface area contributed by atoms with Gasteiger partial charge in [0.1, 0.15) is 5.69 Å². The average Bonchev–Trinajstić information content (AvgIpc) is 2.08. The summed E-state index contributed by atoms with van der Waals surface area (Å²) < 4.78 is 24.5. The highest BCUT2D eigenvalue weighted by atomic mass is 35.5. The highest BCUT2D eigenvalue weighted by Gasteiger charge is 2.16. The minimum atomic E-state index is -2.74. The van der Waals surface area contributed by atoms with E-state index in [-0.39, 0.29) is 23.0 Å². The van der Waals surface area contributed by atoms with E-state index in [2.05, 4.69) is 4.98 Å². The Hall–Kier alpha value is -0.940. The number of halogens is 3. The normalized spacial score (nSPS) is 10.8. The smallest absolute Gasteiger partial charge is 0.280 e. The van der Waals surface area contributed by atoms with Gasteiger partial charge < -0.3 is 10.8 Å². The van der Waals surface area contributed by atoms with Crippen LogP contribution in [0.15, 0.2) is 6.07 Å². The van der Waals surface area contributed by atoms with Crippen LogP contribution < -0.4 is 5.73 Å². The summed E-state index contributed by atoms with van der Waals surface area (Å²) in [5.74, 6) is -0.341. The molecule has 0 aliphatic carbocycles. The van der Waals surface area contributed by atoms with E-state index in [1.54, 1.807) is 0 Å². The minimum absolute atomic E-state index is 0.0944. The van der Waals surface area contributed by atoms with Gasteiger partial charge in [-0.25, -0.2) is 13.8 Å². The van der Waals surface area contributed by atoms with Gasteiger partial charge in [-0.3, -0.25) is 0 Å². The van der Waals surface area contributed by atoms with E-state index < -0.39 is 12.1 Å². The van der Waals surface area contributed by atoms with Crippen LogP contribution in [0.2, 0.25) is 5.15 Å². The number of hydrogen-bond donors (Lipinski definition) is 2. The maximum atomic E-state index is 12.3. The zero-order valence-corrected chi connectivity index (χ0v) is 7.22. The molecular formula is C7H7ClF2N2O. The van der Waals surface area contributed by atoms with Crippen molar-refractivity contribution in [3.05, 3.63) is 22.5 Å². The predicted molar refractivity (Wildman–Crippen MR) is 43.8 cm³/mol. The highest BCUT2D eigenvalue weighted by molar-refractivity contribution is 6.30. The van der Waals surface area contributed by atoms with E-state index >= 15 is 0 Å². The van der Waals surface area contributed by atoms with E-state index in [1.165, 1.54) is 0 Å². The first-order chi connectivity index (χ1) is 6.06. The molecule has 1 heterocycles. The first-order valence-electron chi connectivity index (χ1n) is 3.42. The quantitative estimate of drug-likeness (QED) is 0.729. The molecule has 0 bridgehead atoms. The van der Waals surface area contributed by atoms with Crippen LogP contribution in [0, 0.1) is 0 Å². The van der Waals surface area contributed by atoms with Crippen LogP contribution in [-0.4, -0.2) is 10.1 Å². The van der Waals surface area contributed by atoms with Crippen LogP contribution in [0.25, 0.3) is 0 Å². The predicted octanol–water partition coefficient (Wildman–Crippen LogP) is 1.84. The molecule has 1 rings (SSSR count). The summed E-state index contributed by atoms with van der Waals surface area (Å²) in [4.78, 5) is 3.33. The van der Waals surface area contributed by atoms with E-state index in [9.17, 15) is 8.78 Å². The van der Waals surface area contributed by atoms with E-state index in [1.807, 2.05) is 0 Å². The Bertz CT molecular complexity index is 320. The maximum Gasteiger partial charge on any atom is 0.280 e. The van der Waals surface area contributed by atoms with Crippen molar-refractivity contribution in [1.29, 1.82) is 0 Å². The molecule has 0 fully saturated rings. The molecule has 13 heavy (non-hydrogen) atoms. The molecule has 1 aromatic heterocycles. The molecule has 0 spiro atoms. The topological polar surface area (TPSA) is 59.1 Å². The van der Waals surface area contributed by atoms with Gasteiger partial charge in [-0.05, 0) is 11.6 Å². The van der Waals surface area contributed by atoms with Gasteiger partial charge in [-0.15, -0.1) is 0 Å². The van der Waals surface area contributed by atoms with Gasteiger partial charge in [0.25, 0.3) is 6.43 Å². The zero-order valence-electron chi connectivity index (χ0n) is 6.47. The molecule has 72 valence electrons. The van der Waals surface area contributed by atoms with Crippen LogP contribution in [0.3, 0.4) is 0 Å². The molecule has 1 aromatic rings. The van der Waals surface area contributed by atoms with Gasteiger partial charge in [0.15, 0.2) is 10.9 Å². The van der Waals surface area contributed by atoms with E-state index in [0.717, 1.165) is 6.07 Å². The second kappa shape index (κ2) is 3.85. The van der Waals surface area contributed by atoms with Crippen molar-refractivity contribution in [2.45, 2.75) is 13.0 Å². The molecule has 0 aliphatic heterocycles. The third kappa shape index (κ3) is 2.05. The number of aromatic nitrogens is 1. The van der Waals surface area contributed by atoms with Crippen LogP contribution in [0.1, 0.15) is 17.7 Å². The Balaban J connectivity index is 3.25. The maximum absolute atomic E-state index is 12.3. The van der Waals surface area contributed by atoms with Crippen molar-refractivity contribution in [2.24, 2.45) is 5.73 Å². The lowest BCUT2D eigenvalue weighted by Crippen LogP contribution is -2.04. The van der Waals surface area contributed by atoms with Crippen LogP contribution in [0.5, 0.6) is 5.75 Å². The Labute approximate surface area is 78.1 Å². The number of aromatic hydroxyl groups is 1. The second-order valence-corrected chi connectivity index (χ2v) is 2.71. The van der Waals surface area contributed by atoms with Crippen LogP contribution in [0.4, 0.5) is 8.78 Å². The summed E-state index contributed by atoms with van der Waals surface area (Å²) in [6.45, 7) is -0.114. The van der Waals surface area contributed by atoms with Gasteiger partial charge in [-0.1, -0.05) is 11.6 Å². The van der Waals surface area contributed by atoms with Crippen molar-refractivity contribution in [1.82, 2.24) is 4.98 Å². The number of hydrogen-bond acceptors (Lipinski definition) is 3. The lowest BCUT2D eigenvalue weighted by Gasteiger charge is -2.07. The molecule has 0 aliphatic rings. The zero-order chi connectivity index (χ0) is 10.0. The first-order valence-corrected chi connectivity index (χ1v) is 3.80. The van der Waals surface area contributed by atoms with Crippen LogP contribution in [-0.2, 0) is 6.54 Å². The van der Waals surface area contributed by atoms with Crippen molar-refractivity contribution in [3.8, 4) is 5.75 Å². The lowest BCUT2D eigenvalue weighted by molar-refractivity contribution is 0.144. The molecule has 0 saturated carbocycles. The second-order valence-electron chi connectivity index (χ2n) is 2.35. The van der Waals surface area contributed by atoms with Gasteiger partial charge >= 0.3 is 0 Å². The SMILES string of the molecule is NCc1cc(O)c(Cl)nc1C(F)F. The number of nitrogens with zero attached hydrogens (tertiary/aromatic N) is 1. The molecule has 0 radical (unpaired) electrons. The fourth-order valence-electron chi connectivity index (χ4n) is 0.886. The number of rotatable bonds is 2. The molecule has 0 atom stereocenters. The molecule has 3 N–H and O–H groups in total. The summed E-state index contributed by atoms with van der Waals surface area (Å²) in [5.41, 5.74) is 4.79. The summed E-state index contributed by atoms with van der Waals surface area (Å²) in [6.07, 6.45) is -2.74. The first kappa shape index (κ1) is 10.1. The Morgan fingerprint density at radius 1 is 1.62 bits per heavy atom. The van der Waals surface area contributed by atoms with Gasteiger partial charge in [0, 0.05) is 6.54 Å². The molecule has 6 heteroatoms. The third-order valence-electron chi connectivity index (χ3n) is 1.50. The monoisotopic (exact) mass is 208 g/mol. The van der Waals surface area contributed by atoms with Gasteiger partial charge in [-0.2, -0.15) is 0 Å². The Morgan fingerprint density at radius 3 is 2.69 bits per heavy atom. The van der Waals surface area contributed by atoms with Crippen molar-refractivity contribution < 1.29 is 13.9 Å². The van der Waals surface area contributed by atoms with Gasteiger partial charge in [0.2, 0.25) is 0 Å². The standard InChI is InChI=1S/C7H7ClF2N2O/c8-6-4(13)1-3(2-11)5(12-6)7(9)10/h1,7,13H,2,11H2. The molecule has 0 amide bonds. The Morgan fingerprint density at radius 2 is 2.23 bits per heavy atom. The minimum Gasteiger partial charge on any atom is -0.505 e. The molecule has 0 unspecified atom stereocenters. The lowest BCUT2D eigenvalue weighted by atomic mass is 10.2. The third-order valence-corrected chi connectivity index (χ3v) is 1.77. The van der Waals surface area contributed by atoms with Crippen molar-refractivity contribution in [2.75, 3.05) is 0 Å². The van der Waals surface area contributed by atoms with Crippen LogP contribution >= 0.6 is 11.6 Å². The molecule has 0 saturated heterocycles. The number of alkyl halides is 2. The average molecular weight is 209 g/mol. The van der Waals surface area contributed by atoms with E-state index in [0.29, 0.717) is 0 Å². The molecular weight excluding hydrogens is 202 g/mol. The fraction of sp³-hybridized carbons (Fsp3) is 0.286. The summed E-state index contributed by atoms with van der Waals surface area (Å²) in [5, 5.41) is 8.70. The fourth-order valence-corrected chi connectivity index (χ4v) is 1.03. The van der Waals surface area contributed by atoms with Crippen molar-refractivity contribution >= 4 is 11.6 Å². The largest absolute Gasteiger partial charge is 0.505 e. The van der Waals surface area contributed by atoms with Gasteiger partial charge in [0.05, 0.1) is 0 Å². The van der Waals surface area contributed by atoms with E-state index in [4.69, 9.17) is 22.4 Å². The highest BCUT2D eigenvalue weighted by Crippen LogP contribution is 2.28. The molecule has 0 aromatic carbocycles. The molecule has 3 nitrogen and oxygen atoms in total. The number of pyridine rings is 1. The Kier molecular flexibility index (Phi) is 3.00.